The number of carbonyl (C=O) groups excluding carboxylic acids is 2. The van der Waals surface area contributed by atoms with Crippen molar-refractivity contribution >= 4 is 22.6 Å². The summed E-state index contributed by atoms with van der Waals surface area (Å²) >= 11 is 0. The molecule has 6 nitrogen and oxygen atoms in total. The van der Waals surface area contributed by atoms with Crippen LogP contribution >= 0.6 is 0 Å². The second-order valence-corrected chi connectivity index (χ2v) is 8.78. The summed E-state index contributed by atoms with van der Waals surface area (Å²) in [5.74, 6) is -1.21. The molecule has 0 aliphatic carbocycles. The fourth-order valence-corrected chi connectivity index (χ4v) is 4.77. The molecule has 0 saturated heterocycles. The van der Waals surface area contributed by atoms with E-state index in [1.807, 2.05) is 54.7 Å². The molecule has 2 N–H and O–H groups in total. The second kappa shape index (κ2) is 9.70. The fourth-order valence-electron chi connectivity index (χ4n) is 4.77. The van der Waals surface area contributed by atoms with E-state index in [-0.39, 0.29) is 24.3 Å². The first-order chi connectivity index (χ1) is 17.5. The molecule has 5 rings (SSSR count). The van der Waals surface area contributed by atoms with Crippen LogP contribution in [0.1, 0.15) is 22.7 Å². The Morgan fingerprint density at radius 3 is 2.56 bits per heavy atom. The van der Waals surface area contributed by atoms with Gasteiger partial charge in [-0.2, -0.15) is 0 Å². The van der Waals surface area contributed by atoms with E-state index in [1.54, 1.807) is 19.2 Å². The lowest BCUT2D eigenvalue weighted by atomic mass is 9.93. The van der Waals surface area contributed by atoms with E-state index >= 15 is 0 Å². The lowest BCUT2D eigenvalue weighted by Crippen LogP contribution is -2.33. The molecule has 36 heavy (non-hydrogen) atoms. The Morgan fingerprint density at radius 1 is 1.08 bits per heavy atom. The average Bonchev–Trinajstić information content (AvgIpc) is 3.41. The summed E-state index contributed by atoms with van der Waals surface area (Å²) in [6.07, 6.45) is 2.40. The molecule has 0 saturated carbocycles. The van der Waals surface area contributed by atoms with Crippen molar-refractivity contribution in [2.24, 2.45) is 0 Å². The van der Waals surface area contributed by atoms with Crippen molar-refractivity contribution < 1.29 is 23.8 Å². The SMILES string of the molecule is COc1ccc2[nH]cc(CCN3C(=O)C(O)=C(C(=O)Cc4ccccc4)[C@@H]3c3ccc(F)cc3)c2c1. The number of Topliss-reactive ketones (excluding diaryl/α,β-unsaturated/α-hetero) is 1. The summed E-state index contributed by atoms with van der Waals surface area (Å²) in [5, 5.41) is 11.8. The number of halogens is 1. The standard InChI is InChI=1S/C29H25FN2O4/c1-36-22-11-12-24-23(16-22)20(17-31-24)13-14-32-27(19-7-9-21(30)10-8-19)26(28(34)29(32)35)25(33)15-18-5-3-2-4-6-18/h2-12,16-17,27,31,34H,13-15H2,1H3/t27-/m0/s1. The number of aliphatic hydroxyl groups excluding tert-OH is 1. The molecular formula is C29H25FN2O4. The molecule has 7 heteroatoms. The highest BCUT2D eigenvalue weighted by molar-refractivity contribution is 6.09. The van der Waals surface area contributed by atoms with Crippen molar-refractivity contribution in [3.63, 3.8) is 0 Å². The summed E-state index contributed by atoms with van der Waals surface area (Å²) in [4.78, 5) is 31.3. The van der Waals surface area contributed by atoms with Crippen LogP contribution < -0.4 is 4.74 Å². The van der Waals surface area contributed by atoms with Crippen molar-refractivity contribution in [3.05, 3.63) is 113 Å². The van der Waals surface area contributed by atoms with Gasteiger partial charge in [0, 0.05) is 30.1 Å². The van der Waals surface area contributed by atoms with Crippen LogP contribution in [0, 0.1) is 5.82 Å². The number of ketones is 1. The van der Waals surface area contributed by atoms with Gasteiger partial charge in [0.1, 0.15) is 11.6 Å². The molecule has 1 aliphatic rings. The van der Waals surface area contributed by atoms with Gasteiger partial charge in [-0.15, -0.1) is 0 Å². The molecule has 0 spiro atoms. The van der Waals surface area contributed by atoms with E-state index < -0.39 is 23.5 Å². The van der Waals surface area contributed by atoms with Gasteiger partial charge in [-0.1, -0.05) is 42.5 Å². The number of ether oxygens (including phenoxy) is 1. The number of fused-ring (bicyclic) bond motifs is 1. The Bertz CT molecular complexity index is 1460. The van der Waals surface area contributed by atoms with Crippen LogP contribution in [0.2, 0.25) is 0 Å². The maximum absolute atomic E-state index is 13.7. The summed E-state index contributed by atoms with van der Waals surface area (Å²) in [6.45, 7) is 0.247. The van der Waals surface area contributed by atoms with Crippen LogP contribution in [0.4, 0.5) is 4.39 Å². The number of benzene rings is 3. The van der Waals surface area contributed by atoms with Crippen molar-refractivity contribution in [1.82, 2.24) is 9.88 Å². The zero-order valence-corrected chi connectivity index (χ0v) is 19.7. The summed E-state index contributed by atoms with van der Waals surface area (Å²) < 4.78 is 19.0. The zero-order chi connectivity index (χ0) is 25.2. The lowest BCUT2D eigenvalue weighted by Gasteiger charge is -2.27. The van der Waals surface area contributed by atoms with Crippen LogP contribution in [-0.2, 0) is 22.4 Å². The number of nitrogens with one attached hydrogen (secondary N) is 1. The molecular weight excluding hydrogens is 459 g/mol. The molecule has 1 atom stereocenters. The van der Waals surface area contributed by atoms with E-state index in [2.05, 4.69) is 4.98 Å². The predicted octanol–water partition coefficient (Wildman–Crippen LogP) is 5.07. The monoisotopic (exact) mass is 484 g/mol. The third-order valence-electron chi connectivity index (χ3n) is 6.59. The minimum Gasteiger partial charge on any atom is -0.503 e. The van der Waals surface area contributed by atoms with Gasteiger partial charge in [0.15, 0.2) is 11.5 Å². The van der Waals surface area contributed by atoms with Crippen molar-refractivity contribution in [3.8, 4) is 5.75 Å². The van der Waals surface area contributed by atoms with Crippen LogP contribution in [0.5, 0.6) is 5.75 Å². The highest BCUT2D eigenvalue weighted by atomic mass is 19.1. The van der Waals surface area contributed by atoms with Gasteiger partial charge in [-0.3, -0.25) is 9.59 Å². The Morgan fingerprint density at radius 2 is 1.83 bits per heavy atom. The van der Waals surface area contributed by atoms with E-state index in [1.165, 1.54) is 17.0 Å². The normalized spacial score (nSPS) is 15.7. The van der Waals surface area contributed by atoms with Gasteiger partial charge in [0.25, 0.3) is 5.91 Å². The molecule has 0 bridgehead atoms. The number of aromatic nitrogens is 1. The van der Waals surface area contributed by atoms with Gasteiger partial charge in [-0.05, 0) is 53.4 Å². The van der Waals surface area contributed by atoms with Gasteiger partial charge < -0.3 is 19.7 Å². The minimum absolute atomic E-state index is 0.0380. The zero-order valence-electron chi connectivity index (χ0n) is 19.7. The Labute approximate surface area is 207 Å². The quantitative estimate of drug-likeness (QED) is 0.366. The molecule has 0 unspecified atom stereocenters. The Hall–Kier alpha value is -4.39. The van der Waals surface area contributed by atoms with Crippen molar-refractivity contribution in [2.75, 3.05) is 13.7 Å². The van der Waals surface area contributed by atoms with Gasteiger partial charge in [0.2, 0.25) is 0 Å². The first kappa shape index (κ1) is 23.4. The highest BCUT2D eigenvalue weighted by Gasteiger charge is 2.43. The van der Waals surface area contributed by atoms with E-state index in [4.69, 9.17) is 4.74 Å². The third-order valence-corrected chi connectivity index (χ3v) is 6.59. The number of aromatic amines is 1. The topological polar surface area (TPSA) is 82.6 Å². The Kier molecular flexibility index (Phi) is 6.29. The number of carbonyl (C=O) groups is 2. The van der Waals surface area contributed by atoms with Crippen molar-refractivity contribution in [2.45, 2.75) is 18.9 Å². The Balaban J connectivity index is 1.47. The molecule has 182 valence electrons. The number of nitrogens with zero attached hydrogens (tertiary/aromatic N) is 1. The van der Waals surface area contributed by atoms with Gasteiger partial charge in [0.05, 0.1) is 18.7 Å². The molecule has 1 amide bonds. The van der Waals surface area contributed by atoms with Gasteiger partial charge >= 0.3 is 0 Å². The number of H-pyrrole nitrogens is 1. The van der Waals surface area contributed by atoms with Crippen molar-refractivity contribution in [1.29, 1.82) is 0 Å². The number of hydrogen-bond donors (Lipinski definition) is 2. The molecule has 1 aromatic heterocycles. The number of rotatable bonds is 8. The van der Waals surface area contributed by atoms with Crippen LogP contribution in [0.15, 0.2) is 90.3 Å². The summed E-state index contributed by atoms with van der Waals surface area (Å²) in [5.41, 5.74) is 3.28. The molecule has 0 radical (unpaired) electrons. The number of amides is 1. The summed E-state index contributed by atoms with van der Waals surface area (Å²) in [6, 6.07) is 19.7. The molecule has 3 aromatic carbocycles. The first-order valence-electron chi connectivity index (χ1n) is 11.7. The first-order valence-corrected chi connectivity index (χ1v) is 11.7. The highest BCUT2D eigenvalue weighted by Crippen LogP contribution is 2.38. The number of hydrogen-bond acceptors (Lipinski definition) is 4. The molecule has 0 fully saturated rings. The molecule has 2 heterocycles. The van der Waals surface area contributed by atoms with Crippen LogP contribution in [0.3, 0.4) is 0 Å². The van der Waals surface area contributed by atoms with Gasteiger partial charge in [-0.25, -0.2) is 4.39 Å². The summed E-state index contributed by atoms with van der Waals surface area (Å²) in [7, 11) is 1.60. The lowest BCUT2D eigenvalue weighted by molar-refractivity contribution is -0.129. The average molecular weight is 485 g/mol. The fraction of sp³-hybridized carbons (Fsp3) is 0.172. The predicted molar refractivity (Wildman–Crippen MR) is 134 cm³/mol. The van der Waals surface area contributed by atoms with E-state index in [0.29, 0.717) is 12.0 Å². The van der Waals surface area contributed by atoms with Crippen LogP contribution in [-0.4, -0.2) is 40.3 Å². The second-order valence-electron chi connectivity index (χ2n) is 8.78. The maximum atomic E-state index is 13.7. The van der Waals surface area contributed by atoms with Crippen LogP contribution in [0.25, 0.3) is 10.9 Å². The number of aliphatic hydroxyl groups is 1. The van der Waals surface area contributed by atoms with E-state index in [9.17, 15) is 19.1 Å². The largest absolute Gasteiger partial charge is 0.503 e. The molecule has 1 aliphatic heterocycles. The minimum atomic E-state index is -0.811. The maximum Gasteiger partial charge on any atom is 0.290 e. The van der Waals surface area contributed by atoms with E-state index in [0.717, 1.165) is 27.8 Å². The number of methoxy groups -OCH3 is 1. The third kappa shape index (κ3) is 4.35. The molecule has 4 aromatic rings. The smallest absolute Gasteiger partial charge is 0.290 e.